The lowest BCUT2D eigenvalue weighted by Gasteiger charge is -2.11. The van der Waals surface area contributed by atoms with E-state index in [1.54, 1.807) is 0 Å². The van der Waals surface area contributed by atoms with Gasteiger partial charge in [-0.15, -0.1) is 0 Å². The van der Waals surface area contributed by atoms with Crippen molar-refractivity contribution in [3.63, 3.8) is 0 Å². The molecule has 0 saturated carbocycles. The fourth-order valence-corrected chi connectivity index (χ4v) is 2.60. The van der Waals surface area contributed by atoms with Gasteiger partial charge in [-0.3, -0.25) is 0 Å². The van der Waals surface area contributed by atoms with Gasteiger partial charge in [-0.2, -0.15) is 11.8 Å². The summed E-state index contributed by atoms with van der Waals surface area (Å²) < 4.78 is 1.05. The first kappa shape index (κ1) is 14.7. The Labute approximate surface area is 117 Å². The number of halogens is 1. The molecule has 0 aliphatic heterocycles. The monoisotopic (exact) mass is 316 g/mol. The molecule has 4 heteroatoms. The summed E-state index contributed by atoms with van der Waals surface area (Å²) in [5.41, 5.74) is 8.94. The van der Waals surface area contributed by atoms with Crippen LogP contribution in [0, 0.1) is 6.92 Å². The fraction of sp³-hybridized carbons (Fsp3) is 0.538. The quantitative estimate of drug-likeness (QED) is 0.582. The van der Waals surface area contributed by atoms with Gasteiger partial charge >= 0.3 is 0 Å². The van der Waals surface area contributed by atoms with Gasteiger partial charge in [0.2, 0.25) is 0 Å². The van der Waals surface area contributed by atoms with E-state index in [-0.39, 0.29) is 0 Å². The summed E-state index contributed by atoms with van der Waals surface area (Å²) >= 11 is 5.45. The number of rotatable bonds is 7. The van der Waals surface area contributed by atoms with Crippen LogP contribution in [0.3, 0.4) is 0 Å². The average Bonchev–Trinajstić information content (AvgIpc) is 2.30. The molecular weight excluding hydrogens is 296 g/mol. The van der Waals surface area contributed by atoms with Crippen LogP contribution in [0.5, 0.6) is 0 Å². The van der Waals surface area contributed by atoms with Crippen molar-refractivity contribution in [2.45, 2.75) is 26.2 Å². The molecule has 0 amide bonds. The van der Waals surface area contributed by atoms with Crippen LogP contribution < -0.4 is 11.1 Å². The van der Waals surface area contributed by atoms with Gasteiger partial charge in [0.1, 0.15) is 0 Å². The van der Waals surface area contributed by atoms with Crippen molar-refractivity contribution in [2.75, 3.05) is 29.6 Å². The third-order valence-corrected chi connectivity index (χ3v) is 4.05. The Kier molecular flexibility index (Phi) is 6.82. The van der Waals surface area contributed by atoms with Crippen molar-refractivity contribution in [2.24, 2.45) is 0 Å². The van der Waals surface area contributed by atoms with E-state index in [1.165, 1.54) is 25.0 Å². The number of benzene rings is 1. The van der Waals surface area contributed by atoms with Crippen LogP contribution in [0.1, 0.15) is 24.8 Å². The molecule has 0 heterocycles. The summed E-state index contributed by atoms with van der Waals surface area (Å²) in [4.78, 5) is 0. The summed E-state index contributed by atoms with van der Waals surface area (Å²) in [7, 11) is 0. The van der Waals surface area contributed by atoms with Crippen molar-refractivity contribution in [3.8, 4) is 0 Å². The molecule has 0 atom stereocenters. The van der Waals surface area contributed by atoms with Gasteiger partial charge < -0.3 is 11.1 Å². The lowest BCUT2D eigenvalue weighted by molar-refractivity contribution is 0.749. The number of thioether (sulfide) groups is 1. The second-order valence-electron chi connectivity index (χ2n) is 4.17. The molecule has 0 unspecified atom stereocenters. The number of nitrogens with one attached hydrogen (secondary N) is 1. The molecule has 0 radical (unpaired) electrons. The summed E-state index contributed by atoms with van der Waals surface area (Å²) in [6.07, 6.45) is 5.98. The molecule has 1 rings (SSSR count). The zero-order valence-corrected chi connectivity index (χ0v) is 13.0. The Morgan fingerprint density at radius 1 is 1.29 bits per heavy atom. The second kappa shape index (κ2) is 7.88. The van der Waals surface area contributed by atoms with Crippen LogP contribution in [-0.4, -0.2) is 18.6 Å². The van der Waals surface area contributed by atoms with Crippen LogP contribution >= 0.6 is 27.7 Å². The van der Waals surface area contributed by atoms with Crippen molar-refractivity contribution in [3.05, 3.63) is 22.2 Å². The molecule has 0 aliphatic carbocycles. The van der Waals surface area contributed by atoms with Crippen LogP contribution in [0.4, 0.5) is 11.4 Å². The third kappa shape index (κ3) is 5.21. The van der Waals surface area contributed by atoms with E-state index >= 15 is 0 Å². The van der Waals surface area contributed by atoms with E-state index in [0.717, 1.165) is 28.0 Å². The normalized spacial score (nSPS) is 10.5. The summed E-state index contributed by atoms with van der Waals surface area (Å²) in [5, 5.41) is 3.45. The molecule has 17 heavy (non-hydrogen) atoms. The van der Waals surface area contributed by atoms with Gasteiger partial charge in [0, 0.05) is 22.4 Å². The topological polar surface area (TPSA) is 38.0 Å². The first-order valence-corrected chi connectivity index (χ1v) is 8.12. The minimum absolute atomic E-state index is 0.836. The number of anilines is 2. The lowest BCUT2D eigenvalue weighted by atomic mass is 10.2. The molecule has 96 valence electrons. The molecule has 0 aliphatic rings. The number of hydrogen-bond donors (Lipinski definition) is 2. The Morgan fingerprint density at radius 3 is 2.76 bits per heavy atom. The molecule has 0 spiro atoms. The van der Waals surface area contributed by atoms with Crippen molar-refractivity contribution in [1.82, 2.24) is 0 Å². The highest BCUT2D eigenvalue weighted by Gasteiger charge is 2.02. The number of hydrogen-bond acceptors (Lipinski definition) is 3. The minimum Gasteiger partial charge on any atom is -0.398 e. The maximum atomic E-state index is 5.84. The zero-order valence-electron chi connectivity index (χ0n) is 10.6. The van der Waals surface area contributed by atoms with Crippen molar-refractivity contribution >= 4 is 39.1 Å². The van der Waals surface area contributed by atoms with E-state index in [4.69, 9.17) is 5.73 Å². The van der Waals surface area contributed by atoms with Gasteiger partial charge in [0.25, 0.3) is 0 Å². The van der Waals surface area contributed by atoms with Crippen molar-refractivity contribution in [1.29, 1.82) is 0 Å². The zero-order chi connectivity index (χ0) is 12.7. The number of nitrogens with two attached hydrogens (primary N) is 1. The van der Waals surface area contributed by atoms with Crippen LogP contribution in [0.25, 0.3) is 0 Å². The SMILES string of the molecule is CSCCCCCNc1cc(C)c(N)cc1Br. The highest BCUT2D eigenvalue weighted by molar-refractivity contribution is 9.10. The molecule has 1 aromatic rings. The molecule has 0 bridgehead atoms. The maximum absolute atomic E-state index is 5.84. The number of unbranched alkanes of at least 4 members (excludes halogenated alkanes) is 2. The first-order valence-electron chi connectivity index (χ1n) is 5.93. The highest BCUT2D eigenvalue weighted by atomic mass is 79.9. The summed E-state index contributed by atoms with van der Waals surface area (Å²) in [6.45, 7) is 3.06. The van der Waals surface area contributed by atoms with E-state index in [1.807, 2.05) is 24.8 Å². The molecular formula is C13H21BrN2S. The van der Waals surface area contributed by atoms with Gasteiger partial charge in [-0.05, 0) is 65.4 Å². The maximum Gasteiger partial charge on any atom is 0.0488 e. The number of aryl methyl sites for hydroxylation is 1. The predicted octanol–water partition coefficient (Wildman–Crippen LogP) is 4.28. The van der Waals surface area contributed by atoms with Crippen LogP contribution in [-0.2, 0) is 0 Å². The van der Waals surface area contributed by atoms with Gasteiger partial charge in [-0.1, -0.05) is 6.42 Å². The average molecular weight is 317 g/mol. The molecule has 0 saturated heterocycles. The molecule has 0 fully saturated rings. The summed E-state index contributed by atoms with van der Waals surface area (Å²) in [5.74, 6) is 1.27. The predicted molar refractivity (Wildman–Crippen MR) is 84.0 cm³/mol. The Hall–Kier alpha value is -0.350. The Morgan fingerprint density at radius 2 is 2.06 bits per heavy atom. The summed E-state index contributed by atoms with van der Waals surface area (Å²) in [6, 6.07) is 4.06. The smallest absolute Gasteiger partial charge is 0.0488 e. The fourth-order valence-electron chi connectivity index (χ4n) is 1.60. The molecule has 1 aromatic carbocycles. The van der Waals surface area contributed by atoms with Gasteiger partial charge in [0.15, 0.2) is 0 Å². The van der Waals surface area contributed by atoms with Crippen LogP contribution in [0.2, 0.25) is 0 Å². The van der Waals surface area contributed by atoms with E-state index in [9.17, 15) is 0 Å². The molecule has 3 N–H and O–H groups in total. The minimum atomic E-state index is 0.836. The van der Waals surface area contributed by atoms with E-state index < -0.39 is 0 Å². The Bertz CT molecular complexity index is 356. The third-order valence-electron chi connectivity index (χ3n) is 2.70. The first-order chi connectivity index (χ1) is 8.15. The highest BCUT2D eigenvalue weighted by Crippen LogP contribution is 2.27. The van der Waals surface area contributed by atoms with Gasteiger partial charge in [0.05, 0.1) is 0 Å². The Balaban J connectivity index is 2.34. The molecule has 2 nitrogen and oxygen atoms in total. The number of nitrogen functional groups attached to an aromatic ring is 1. The van der Waals surface area contributed by atoms with Crippen LogP contribution in [0.15, 0.2) is 16.6 Å². The lowest BCUT2D eigenvalue weighted by Crippen LogP contribution is -2.03. The van der Waals surface area contributed by atoms with Crippen molar-refractivity contribution < 1.29 is 0 Å². The van der Waals surface area contributed by atoms with E-state index in [0.29, 0.717) is 0 Å². The van der Waals surface area contributed by atoms with Gasteiger partial charge in [-0.25, -0.2) is 0 Å². The molecule has 0 aromatic heterocycles. The standard InChI is InChI=1S/C13H21BrN2S/c1-10-8-13(11(14)9-12(10)15)16-6-4-3-5-7-17-2/h8-9,16H,3-7,15H2,1-2H3. The second-order valence-corrected chi connectivity index (χ2v) is 6.01. The van der Waals surface area contributed by atoms with E-state index in [2.05, 4.69) is 33.6 Å². The largest absolute Gasteiger partial charge is 0.398 e.